The van der Waals surface area contributed by atoms with Gasteiger partial charge in [-0.2, -0.15) is 0 Å². The molecule has 0 saturated heterocycles. The maximum absolute atomic E-state index is 13.6. The lowest BCUT2D eigenvalue weighted by atomic mass is 9.79. The fourth-order valence-electron chi connectivity index (χ4n) is 4.27. The van der Waals surface area contributed by atoms with E-state index in [0.29, 0.717) is 34.6 Å². The van der Waals surface area contributed by atoms with Gasteiger partial charge in [0.25, 0.3) is 0 Å². The van der Waals surface area contributed by atoms with Crippen LogP contribution in [-0.4, -0.2) is 37.6 Å². The van der Waals surface area contributed by atoms with E-state index >= 15 is 0 Å². The summed E-state index contributed by atoms with van der Waals surface area (Å²) in [6, 6.07) is 15.9. The summed E-state index contributed by atoms with van der Waals surface area (Å²) in [5.74, 6) is -2.16. The maximum Gasteiger partial charge on any atom is 0.336 e. The molecule has 0 saturated carbocycles. The molecule has 3 rings (SSSR count). The standard InChI is InChI=1S/C26H28FNO4/c1-17-22(25(29)31-3)24(20-12-14-21(27)15-13-20)23(26(30)32-4)18(2)28(17)16-8-11-19-9-6-5-7-10-19/h5-7,9-10,12-15,24H,8,11,16H2,1-4H3. The summed E-state index contributed by atoms with van der Waals surface area (Å²) >= 11 is 0. The van der Waals surface area contributed by atoms with E-state index < -0.39 is 23.7 Å². The van der Waals surface area contributed by atoms with Crippen LogP contribution in [0, 0.1) is 5.82 Å². The van der Waals surface area contributed by atoms with Gasteiger partial charge < -0.3 is 14.4 Å². The molecule has 6 heteroatoms. The number of rotatable bonds is 7. The van der Waals surface area contributed by atoms with Crippen molar-refractivity contribution in [1.82, 2.24) is 4.90 Å². The lowest BCUT2D eigenvalue weighted by Gasteiger charge is -2.37. The van der Waals surface area contributed by atoms with E-state index in [1.165, 1.54) is 31.9 Å². The number of aryl methyl sites for hydroxylation is 1. The molecule has 1 heterocycles. The fourth-order valence-corrected chi connectivity index (χ4v) is 4.27. The first kappa shape index (κ1) is 23.3. The Hall–Kier alpha value is -3.41. The highest BCUT2D eigenvalue weighted by atomic mass is 19.1. The highest BCUT2D eigenvalue weighted by molar-refractivity contribution is 5.99. The summed E-state index contributed by atoms with van der Waals surface area (Å²) in [7, 11) is 2.63. The van der Waals surface area contributed by atoms with E-state index in [0.717, 1.165) is 12.8 Å². The third-order valence-electron chi connectivity index (χ3n) is 5.87. The molecule has 0 N–H and O–H groups in total. The van der Waals surface area contributed by atoms with Crippen LogP contribution in [0.2, 0.25) is 0 Å². The van der Waals surface area contributed by atoms with Gasteiger partial charge in [-0.25, -0.2) is 14.0 Å². The third kappa shape index (κ3) is 4.74. The van der Waals surface area contributed by atoms with Crippen molar-refractivity contribution >= 4 is 11.9 Å². The van der Waals surface area contributed by atoms with E-state index in [-0.39, 0.29) is 0 Å². The largest absolute Gasteiger partial charge is 0.466 e. The molecule has 32 heavy (non-hydrogen) atoms. The van der Waals surface area contributed by atoms with Gasteiger partial charge in [-0.3, -0.25) is 0 Å². The van der Waals surface area contributed by atoms with Crippen LogP contribution in [0.15, 0.2) is 77.1 Å². The molecule has 1 aliphatic rings. The van der Waals surface area contributed by atoms with Crippen molar-refractivity contribution in [1.29, 1.82) is 0 Å². The molecule has 2 aromatic carbocycles. The second-order valence-corrected chi connectivity index (χ2v) is 7.71. The van der Waals surface area contributed by atoms with E-state index in [1.807, 2.05) is 36.9 Å². The summed E-state index contributed by atoms with van der Waals surface area (Å²) in [5.41, 5.74) is 3.97. The van der Waals surface area contributed by atoms with Crippen molar-refractivity contribution in [3.05, 3.63) is 94.1 Å². The van der Waals surface area contributed by atoms with Gasteiger partial charge in [-0.1, -0.05) is 42.5 Å². The SMILES string of the molecule is COC(=O)C1=C(C)N(CCCc2ccccc2)C(C)=C(C(=O)OC)C1c1ccc(F)cc1. The number of halogens is 1. The molecule has 0 aliphatic carbocycles. The zero-order chi connectivity index (χ0) is 23.3. The molecule has 2 aromatic rings. The zero-order valence-electron chi connectivity index (χ0n) is 18.9. The molecule has 0 aromatic heterocycles. The number of allylic oxidation sites excluding steroid dienone is 2. The molecule has 0 radical (unpaired) electrons. The molecule has 0 bridgehead atoms. The monoisotopic (exact) mass is 437 g/mol. The number of methoxy groups -OCH3 is 2. The van der Waals surface area contributed by atoms with Crippen molar-refractivity contribution in [3.8, 4) is 0 Å². The Morgan fingerprint density at radius 3 is 1.91 bits per heavy atom. The first-order chi connectivity index (χ1) is 15.4. The molecule has 0 spiro atoms. The van der Waals surface area contributed by atoms with Gasteiger partial charge in [0, 0.05) is 17.9 Å². The molecule has 1 aliphatic heterocycles. The van der Waals surface area contributed by atoms with Gasteiger partial charge in [0.2, 0.25) is 0 Å². The normalized spacial score (nSPS) is 14.6. The predicted molar refractivity (Wildman–Crippen MR) is 120 cm³/mol. The Kier molecular flexibility index (Phi) is 7.46. The zero-order valence-corrected chi connectivity index (χ0v) is 18.9. The molecular formula is C26H28FNO4. The summed E-state index contributed by atoms with van der Waals surface area (Å²) in [4.78, 5) is 27.7. The van der Waals surface area contributed by atoms with Crippen molar-refractivity contribution in [3.63, 3.8) is 0 Å². The van der Waals surface area contributed by atoms with Crippen molar-refractivity contribution in [2.45, 2.75) is 32.6 Å². The highest BCUT2D eigenvalue weighted by Crippen LogP contribution is 2.42. The summed E-state index contributed by atoms with van der Waals surface area (Å²) in [5, 5.41) is 0. The lowest BCUT2D eigenvalue weighted by molar-refractivity contribution is -0.137. The van der Waals surface area contributed by atoms with Crippen molar-refractivity contribution in [2.75, 3.05) is 20.8 Å². The average Bonchev–Trinajstić information content (AvgIpc) is 2.81. The number of esters is 2. The number of carbonyl (C=O) groups excluding carboxylic acids is 2. The number of hydrogen-bond acceptors (Lipinski definition) is 5. The van der Waals surface area contributed by atoms with E-state index in [1.54, 1.807) is 12.1 Å². The number of nitrogens with zero attached hydrogens (tertiary/aromatic N) is 1. The van der Waals surface area contributed by atoms with Crippen LogP contribution in [0.5, 0.6) is 0 Å². The van der Waals surface area contributed by atoms with Gasteiger partial charge >= 0.3 is 11.9 Å². The van der Waals surface area contributed by atoms with E-state index in [2.05, 4.69) is 12.1 Å². The van der Waals surface area contributed by atoms with Crippen LogP contribution < -0.4 is 0 Å². The van der Waals surface area contributed by atoms with E-state index in [9.17, 15) is 14.0 Å². The number of ether oxygens (including phenoxy) is 2. The Bertz CT molecular complexity index is 1000. The topological polar surface area (TPSA) is 55.8 Å². The van der Waals surface area contributed by atoms with Gasteiger partial charge in [0.15, 0.2) is 0 Å². The first-order valence-electron chi connectivity index (χ1n) is 10.5. The van der Waals surface area contributed by atoms with Crippen LogP contribution in [0.1, 0.15) is 37.3 Å². The minimum atomic E-state index is -0.708. The maximum atomic E-state index is 13.6. The third-order valence-corrected chi connectivity index (χ3v) is 5.87. The van der Waals surface area contributed by atoms with Gasteiger partial charge in [0.1, 0.15) is 5.82 Å². The molecule has 0 atom stereocenters. The number of hydrogen-bond donors (Lipinski definition) is 0. The summed E-state index contributed by atoms with van der Waals surface area (Å²) in [6.07, 6.45) is 1.68. The Morgan fingerprint density at radius 2 is 1.41 bits per heavy atom. The fraction of sp³-hybridized carbons (Fsp3) is 0.308. The predicted octanol–water partition coefficient (Wildman–Crippen LogP) is 4.75. The van der Waals surface area contributed by atoms with Crippen LogP contribution in [0.25, 0.3) is 0 Å². The second-order valence-electron chi connectivity index (χ2n) is 7.71. The van der Waals surface area contributed by atoms with Gasteiger partial charge in [-0.15, -0.1) is 0 Å². The number of carbonyl (C=O) groups is 2. The first-order valence-corrected chi connectivity index (χ1v) is 10.5. The van der Waals surface area contributed by atoms with Crippen LogP contribution in [-0.2, 0) is 25.5 Å². The Morgan fingerprint density at radius 1 is 0.875 bits per heavy atom. The van der Waals surface area contributed by atoms with Crippen LogP contribution in [0.3, 0.4) is 0 Å². The average molecular weight is 438 g/mol. The molecule has 0 fully saturated rings. The van der Waals surface area contributed by atoms with Crippen molar-refractivity contribution in [2.24, 2.45) is 0 Å². The molecule has 0 amide bonds. The molecule has 168 valence electrons. The van der Waals surface area contributed by atoms with Crippen LogP contribution in [0.4, 0.5) is 4.39 Å². The smallest absolute Gasteiger partial charge is 0.336 e. The lowest BCUT2D eigenvalue weighted by Crippen LogP contribution is -2.35. The Balaban J connectivity index is 2.04. The summed E-state index contributed by atoms with van der Waals surface area (Å²) < 4.78 is 23.7. The second kappa shape index (κ2) is 10.3. The Labute approximate surface area is 188 Å². The van der Waals surface area contributed by atoms with Crippen molar-refractivity contribution < 1.29 is 23.5 Å². The molecule has 0 unspecified atom stereocenters. The highest BCUT2D eigenvalue weighted by Gasteiger charge is 2.40. The quantitative estimate of drug-likeness (QED) is 0.585. The number of benzene rings is 2. The van der Waals surface area contributed by atoms with Gasteiger partial charge in [-0.05, 0) is 49.9 Å². The van der Waals surface area contributed by atoms with Crippen LogP contribution >= 0.6 is 0 Å². The minimum Gasteiger partial charge on any atom is -0.466 e. The summed E-state index contributed by atoms with van der Waals surface area (Å²) in [6.45, 7) is 4.31. The minimum absolute atomic E-state index is 0.352. The molecule has 5 nitrogen and oxygen atoms in total. The van der Waals surface area contributed by atoms with Gasteiger partial charge in [0.05, 0.1) is 31.3 Å². The molecular weight excluding hydrogens is 409 g/mol. The van der Waals surface area contributed by atoms with E-state index in [4.69, 9.17) is 9.47 Å².